The van der Waals surface area contributed by atoms with Gasteiger partial charge in [-0.3, -0.25) is 0 Å². The van der Waals surface area contributed by atoms with E-state index >= 15 is 0 Å². The van der Waals surface area contributed by atoms with E-state index in [1.54, 1.807) is 4.68 Å². The van der Waals surface area contributed by atoms with Crippen molar-refractivity contribution in [1.29, 1.82) is 0 Å². The van der Waals surface area contributed by atoms with Crippen molar-refractivity contribution in [2.24, 2.45) is 7.05 Å². The lowest BCUT2D eigenvalue weighted by Crippen LogP contribution is -2.50. The second-order valence-electron chi connectivity index (χ2n) is 6.08. The van der Waals surface area contributed by atoms with Gasteiger partial charge in [0.2, 0.25) is 5.95 Å². The van der Waals surface area contributed by atoms with E-state index in [1.165, 1.54) is 19.3 Å². The number of hydrogen-bond donors (Lipinski definition) is 1. The largest absolute Gasteiger partial charge is 0.335 e. The second kappa shape index (κ2) is 5.22. The van der Waals surface area contributed by atoms with E-state index in [9.17, 15) is 0 Å². The molecule has 2 heterocycles. The highest BCUT2D eigenvalue weighted by Gasteiger charge is 2.26. The molecule has 1 fully saturated rings. The first kappa shape index (κ1) is 13.3. The molecule has 0 saturated carbocycles. The van der Waals surface area contributed by atoms with Crippen LogP contribution in [-0.2, 0) is 7.05 Å². The molecule has 0 aliphatic carbocycles. The summed E-state index contributed by atoms with van der Waals surface area (Å²) in [7, 11) is 1.90. The zero-order valence-corrected chi connectivity index (χ0v) is 11.8. The highest BCUT2D eigenvalue weighted by molar-refractivity contribution is 5.31. The molecule has 1 N–H and O–H groups in total. The summed E-state index contributed by atoms with van der Waals surface area (Å²) in [6, 6.07) is 0.489. The molecule has 0 radical (unpaired) electrons. The fourth-order valence-electron chi connectivity index (χ4n) is 2.37. The second-order valence-corrected chi connectivity index (χ2v) is 6.08. The Bertz CT molecular complexity index is 380. The van der Waals surface area contributed by atoms with Crippen molar-refractivity contribution in [1.82, 2.24) is 25.5 Å². The minimum Gasteiger partial charge on any atom is -0.335 e. The molecule has 1 aliphatic heterocycles. The maximum atomic E-state index is 4.13. The number of aromatic nitrogens is 4. The van der Waals surface area contributed by atoms with Gasteiger partial charge >= 0.3 is 0 Å². The average Bonchev–Trinajstić information content (AvgIpc) is 2.72. The van der Waals surface area contributed by atoms with Crippen molar-refractivity contribution in [2.45, 2.75) is 51.6 Å². The molecule has 1 aliphatic rings. The molecule has 6 heteroatoms. The highest BCUT2D eigenvalue weighted by atomic mass is 15.6. The quantitative estimate of drug-likeness (QED) is 0.868. The highest BCUT2D eigenvalue weighted by Crippen LogP contribution is 2.21. The van der Waals surface area contributed by atoms with Crippen LogP contribution in [0.25, 0.3) is 0 Å². The van der Waals surface area contributed by atoms with Gasteiger partial charge in [-0.05, 0) is 50.5 Å². The summed E-state index contributed by atoms with van der Waals surface area (Å²) in [6.07, 6.45) is 3.72. The molecule has 6 nitrogen and oxygen atoms in total. The number of rotatable bonds is 3. The maximum Gasteiger partial charge on any atom is 0.245 e. The molecule has 0 aromatic carbocycles. The Morgan fingerprint density at radius 1 is 1.33 bits per heavy atom. The van der Waals surface area contributed by atoms with Crippen LogP contribution in [-0.4, -0.2) is 44.9 Å². The van der Waals surface area contributed by atoms with E-state index in [1.807, 2.05) is 7.05 Å². The first-order chi connectivity index (χ1) is 8.47. The van der Waals surface area contributed by atoms with Gasteiger partial charge in [-0.15, -0.1) is 0 Å². The zero-order chi connectivity index (χ0) is 13.2. The predicted molar refractivity (Wildman–Crippen MR) is 71.5 cm³/mol. The molecule has 1 unspecified atom stereocenters. The summed E-state index contributed by atoms with van der Waals surface area (Å²) in [5.74, 6) is 0.885. The molecule has 0 bridgehead atoms. The Balaban J connectivity index is 2.05. The van der Waals surface area contributed by atoms with Gasteiger partial charge < -0.3 is 10.2 Å². The van der Waals surface area contributed by atoms with Gasteiger partial charge in [0, 0.05) is 31.7 Å². The minimum atomic E-state index is 0.154. The monoisotopic (exact) mass is 252 g/mol. The number of anilines is 1. The van der Waals surface area contributed by atoms with Crippen molar-refractivity contribution in [3.8, 4) is 0 Å². The summed E-state index contributed by atoms with van der Waals surface area (Å²) < 4.78 is 1.76. The van der Waals surface area contributed by atoms with Crippen molar-refractivity contribution in [2.75, 3.05) is 18.0 Å². The van der Waals surface area contributed by atoms with Gasteiger partial charge in [-0.1, -0.05) is 5.10 Å². The predicted octanol–water partition coefficient (Wildman–Crippen LogP) is 0.957. The van der Waals surface area contributed by atoms with Crippen molar-refractivity contribution in [3.05, 3.63) is 0 Å². The fourth-order valence-corrected chi connectivity index (χ4v) is 2.37. The molecule has 1 aromatic rings. The number of tetrazole rings is 1. The Morgan fingerprint density at radius 3 is 2.72 bits per heavy atom. The van der Waals surface area contributed by atoms with Gasteiger partial charge in [0.15, 0.2) is 0 Å². The summed E-state index contributed by atoms with van der Waals surface area (Å²) in [5.41, 5.74) is 0.154. The molecular formula is C12H24N6. The topological polar surface area (TPSA) is 58.9 Å². The van der Waals surface area contributed by atoms with E-state index < -0.39 is 0 Å². The van der Waals surface area contributed by atoms with Crippen LogP contribution in [0.4, 0.5) is 5.95 Å². The fraction of sp³-hybridized carbons (Fsp3) is 0.917. The Labute approximate surface area is 109 Å². The van der Waals surface area contributed by atoms with Crippen molar-refractivity contribution >= 4 is 5.95 Å². The zero-order valence-electron chi connectivity index (χ0n) is 11.8. The van der Waals surface area contributed by atoms with E-state index in [4.69, 9.17) is 0 Å². The normalized spacial score (nSPS) is 21.3. The van der Waals surface area contributed by atoms with Gasteiger partial charge in [0.1, 0.15) is 0 Å². The van der Waals surface area contributed by atoms with Crippen LogP contribution in [0.1, 0.15) is 40.0 Å². The molecule has 18 heavy (non-hydrogen) atoms. The third kappa shape index (κ3) is 3.19. The smallest absolute Gasteiger partial charge is 0.245 e. The van der Waals surface area contributed by atoms with Crippen LogP contribution in [0.15, 0.2) is 0 Å². The molecule has 102 valence electrons. The molecule has 2 rings (SSSR count). The SMILES string of the molecule is Cn1nnnc1N1CCCCC1CNC(C)(C)C. The molecule has 1 atom stereocenters. The van der Waals surface area contributed by atoms with Gasteiger partial charge in [-0.25, -0.2) is 4.68 Å². The molecule has 1 saturated heterocycles. The molecule has 0 amide bonds. The summed E-state index contributed by atoms with van der Waals surface area (Å²) >= 11 is 0. The Morgan fingerprint density at radius 2 is 2.11 bits per heavy atom. The third-order valence-electron chi connectivity index (χ3n) is 3.35. The maximum absolute atomic E-state index is 4.13. The number of hydrogen-bond acceptors (Lipinski definition) is 5. The number of aryl methyl sites for hydroxylation is 1. The third-order valence-corrected chi connectivity index (χ3v) is 3.35. The Hall–Kier alpha value is -1.17. The van der Waals surface area contributed by atoms with Crippen molar-refractivity contribution in [3.63, 3.8) is 0 Å². The number of piperidine rings is 1. The first-order valence-electron chi connectivity index (χ1n) is 6.71. The number of nitrogens with zero attached hydrogens (tertiary/aromatic N) is 5. The average molecular weight is 252 g/mol. The lowest BCUT2D eigenvalue weighted by atomic mass is 10.0. The Kier molecular flexibility index (Phi) is 3.85. The first-order valence-corrected chi connectivity index (χ1v) is 6.71. The molecule has 0 spiro atoms. The van der Waals surface area contributed by atoms with Crippen molar-refractivity contribution < 1.29 is 0 Å². The lowest BCUT2D eigenvalue weighted by Gasteiger charge is -2.37. The van der Waals surface area contributed by atoms with Crippen LogP contribution < -0.4 is 10.2 Å². The van der Waals surface area contributed by atoms with Gasteiger partial charge in [0.25, 0.3) is 0 Å². The summed E-state index contributed by atoms with van der Waals surface area (Å²) in [4.78, 5) is 2.34. The van der Waals surface area contributed by atoms with Crippen LogP contribution in [0.3, 0.4) is 0 Å². The lowest BCUT2D eigenvalue weighted by molar-refractivity contribution is 0.362. The van der Waals surface area contributed by atoms with Crippen LogP contribution in [0, 0.1) is 0 Å². The van der Waals surface area contributed by atoms with Gasteiger partial charge in [0.05, 0.1) is 0 Å². The van der Waals surface area contributed by atoms with Crippen LogP contribution in [0.5, 0.6) is 0 Å². The summed E-state index contributed by atoms with van der Waals surface area (Å²) in [6.45, 7) is 8.62. The van der Waals surface area contributed by atoms with E-state index in [0.29, 0.717) is 6.04 Å². The standard InChI is InChI=1S/C12H24N6/c1-12(2,3)13-9-10-7-5-6-8-18(10)11-14-15-16-17(11)4/h10,13H,5-9H2,1-4H3. The molecular weight excluding hydrogens is 228 g/mol. The summed E-state index contributed by atoms with van der Waals surface area (Å²) in [5, 5.41) is 15.4. The van der Waals surface area contributed by atoms with E-state index in [2.05, 4.69) is 46.5 Å². The van der Waals surface area contributed by atoms with Gasteiger partial charge in [-0.2, -0.15) is 0 Å². The number of nitrogens with one attached hydrogen (secondary N) is 1. The molecule has 1 aromatic heterocycles. The minimum absolute atomic E-state index is 0.154. The van der Waals surface area contributed by atoms with Crippen LogP contribution in [0.2, 0.25) is 0 Å². The van der Waals surface area contributed by atoms with E-state index in [0.717, 1.165) is 19.0 Å². The van der Waals surface area contributed by atoms with E-state index in [-0.39, 0.29) is 5.54 Å². The van der Waals surface area contributed by atoms with Crippen LogP contribution >= 0.6 is 0 Å².